The molecular formula is C18H34N4. The van der Waals surface area contributed by atoms with Crippen LogP contribution in [-0.2, 0) is 0 Å². The molecule has 0 atom stereocenters. The van der Waals surface area contributed by atoms with Gasteiger partial charge in [0.25, 0.3) is 0 Å². The molecule has 0 radical (unpaired) electrons. The van der Waals surface area contributed by atoms with Gasteiger partial charge in [0, 0.05) is 26.2 Å². The molecule has 0 fully saturated rings. The Balaban J connectivity index is 3.11. The van der Waals surface area contributed by atoms with E-state index >= 15 is 0 Å². The molecule has 0 aliphatic carbocycles. The van der Waals surface area contributed by atoms with Gasteiger partial charge in [0.05, 0.1) is 12.0 Å². The molecule has 0 rings (SSSR count). The van der Waals surface area contributed by atoms with Crippen molar-refractivity contribution in [2.45, 2.75) is 78.1 Å². The van der Waals surface area contributed by atoms with Crippen LogP contribution < -0.4 is 0 Å². The monoisotopic (exact) mass is 306 g/mol. The van der Waals surface area contributed by atoms with Crippen LogP contribution in [0, 0.1) is 0 Å². The number of nitrogens with zero attached hydrogens (tertiary/aromatic N) is 4. The third-order valence-electron chi connectivity index (χ3n) is 3.39. The molecule has 126 valence electrons. The van der Waals surface area contributed by atoms with Gasteiger partial charge in [-0.1, -0.05) is 51.4 Å². The molecule has 0 spiro atoms. The Labute approximate surface area is 137 Å². The molecule has 0 saturated carbocycles. The molecule has 0 aromatic rings. The lowest BCUT2D eigenvalue weighted by atomic mass is 10.1. The second kappa shape index (κ2) is 19.8. The van der Waals surface area contributed by atoms with E-state index in [1.54, 1.807) is 0 Å². The SMILES string of the molecule is CCN=C=NCCCCCCCCCCCCN=C=NCC. The van der Waals surface area contributed by atoms with Gasteiger partial charge in [-0.05, 0) is 26.7 Å². The first-order valence-corrected chi connectivity index (χ1v) is 9.07. The van der Waals surface area contributed by atoms with Gasteiger partial charge in [-0.3, -0.25) is 0 Å². The second-order valence-corrected chi connectivity index (χ2v) is 5.45. The van der Waals surface area contributed by atoms with Crippen LogP contribution in [-0.4, -0.2) is 38.2 Å². The van der Waals surface area contributed by atoms with Gasteiger partial charge in [0.1, 0.15) is 0 Å². The van der Waals surface area contributed by atoms with E-state index in [4.69, 9.17) is 0 Å². The molecule has 0 aromatic carbocycles. The van der Waals surface area contributed by atoms with Crippen LogP contribution >= 0.6 is 0 Å². The summed E-state index contributed by atoms with van der Waals surface area (Å²) in [7, 11) is 0. The fraction of sp³-hybridized carbons (Fsp3) is 0.889. The molecule has 0 saturated heterocycles. The van der Waals surface area contributed by atoms with Crippen molar-refractivity contribution in [3.8, 4) is 0 Å². The van der Waals surface area contributed by atoms with E-state index in [0.717, 1.165) is 26.2 Å². The largest absolute Gasteiger partial charge is 0.226 e. The first kappa shape index (κ1) is 20.8. The molecule has 0 aliphatic rings. The minimum absolute atomic E-state index is 0.782. The second-order valence-electron chi connectivity index (χ2n) is 5.45. The van der Waals surface area contributed by atoms with Crippen LogP contribution in [0.5, 0.6) is 0 Å². The summed E-state index contributed by atoms with van der Waals surface area (Å²) in [5.41, 5.74) is 0. The van der Waals surface area contributed by atoms with E-state index in [9.17, 15) is 0 Å². The lowest BCUT2D eigenvalue weighted by Crippen LogP contribution is -1.85. The summed E-state index contributed by atoms with van der Waals surface area (Å²) in [6.07, 6.45) is 13.1. The van der Waals surface area contributed by atoms with Gasteiger partial charge in [-0.25, -0.2) is 20.0 Å². The number of hydrogen-bond donors (Lipinski definition) is 0. The van der Waals surface area contributed by atoms with Crippen molar-refractivity contribution in [3.05, 3.63) is 0 Å². The summed E-state index contributed by atoms with van der Waals surface area (Å²) in [6.45, 7) is 7.33. The number of rotatable bonds is 15. The first-order valence-electron chi connectivity index (χ1n) is 9.07. The molecule has 0 aliphatic heterocycles. The third kappa shape index (κ3) is 18.8. The topological polar surface area (TPSA) is 49.4 Å². The summed E-state index contributed by atoms with van der Waals surface area (Å²) in [5.74, 6) is 0. The zero-order valence-corrected chi connectivity index (χ0v) is 14.7. The van der Waals surface area contributed by atoms with Crippen molar-refractivity contribution in [2.75, 3.05) is 26.2 Å². The highest BCUT2D eigenvalue weighted by atomic mass is 14.8. The quantitative estimate of drug-likeness (QED) is 0.292. The van der Waals surface area contributed by atoms with Gasteiger partial charge in [0.2, 0.25) is 0 Å². The lowest BCUT2D eigenvalue weighted by Gasteiger charge is -2.01. The molecule has 4 nitrogen and oxygen atoms in total. The summed E-state index contributed by atoms with van der Waals surface area (Å²) in [5, 5.41) is 0. The third-order valence-corrected chi connectivity index (χ3v) is 3.39. The standard InChI is InChI=1S/C18H34N4/c1-3-19-17-21-15-13-11-9-7-5-6-8-10-12-14-16-22-18-20-4-2/h3-16H2,1-2H3. The minimum atomic E-state index is 0.782. The summed E-state index contributed by atoms with van der Waals surface area (Å²) >= 11 is 0. The maximum absolute atomic E-state index is 4.13. The summed E-state index contributed by atoms with van der Waals surface area (Å²) < 4.78 is 0. The Kier molecular flexibility index (Phi) is 18.6. The van der Waals surface area contributed by atoms with Gasteiger partial charge in [-0.15, -0.1) is 0 Å². The van der Waals surface area contributed by atoms with Crippen molar-refractivity contribution in [3.63, 3.8) is 0 Å². The summed E-state index contributed by atoms with van der Waals surface area (Å²) in [4.78, 5) is 16.1. The van der Waals surface area contributed by atoms with Crippen LogP contribution in [0.2, 0.25) is 0 Å². The fourth-order valence-corrected chi connectivity index (χ4v) is 2.14. The van der Waals surface area contributed by atoms with E-state index in [0.29, 0.717) is 0 Å². The Hall–Kier alpha value is -1.24. The zero-order chi connectivity index (χ0) is 16.1. The van der Waals surface area contributed by atoms with Crippen LogP contribution in [0.15, 0.2) is 20.0 Å². The van der Waals surface area contributed by atoms with Crippen molar-refractivity contribution in [1.82, 2.24) is 0 Å². The number of aliphatic imine (C=N–C) groups is 4. The smallest absolute Gasteiger partial charge is 0.0892 e. The molecule has 4 heteroatoms. The highest BCUT2D eigenvalue weighted by Crippen LogP contribution is 2.10. The van der Waals surface area contributed by atoms with Crippen LogP contribution in [0.4, 0.5) is 0 Å². The average Bonchev–Trinajstić information content (AvgIpc) is 2.54. The van der Waals surface area contributed by atoms with E-state index in [1.807, 2.05) is 13.8 Å². The van der Waals surface area contributed by atoms with Crippen molar-refractivity contribution >= 4 is 12.0 Å². The molecule has 0 bridgehead atoms. The normalized spacial score (nSPS) is 9.73. The molecular weight excluding hydrogens is 272 g/mol. The number of unbranched alkanes of at least 4 members (excludes halogenated alkanes) is 9. The van der Waals surface area contributed by atoms with E-state index in [-0.39, 0.29) is 0 Å². The van der Waals surface area contributed by atoms with E-state index < -0.39 is 0 Å². The predicted octanol–water partition coefficient (Wildman–Crippen LogP) is 5.28. The van der Waals surface area contributed by atoms with Crippen LogP contribution in [0.25, 0.3) is 0 Å². The van der Waals surface area contributed by atoms with Crippen LogP contribution in [0.3, 0.4) is 0 Å². The lowest BCUT2D eigenvalue weighted by molar-refractivity contribution is 0.555. The predicted molar refractivity (Wildman–Crippen MR) is 96.7 cm³/mol. The van der Waals surface area contributed by atoms with Crippen molar-refractivity contribution in [2.24, 2.45) is 20.0 Å². The van der Waals surface area contributed by atoms with Crippen molar-refractivity contribution < 1.29 is 0 Å². The Morgan fingerprint density at radius 3 is 1.09 bits per heavy atom. The maximum atomic E-state index is 4.13. The molecule has 0 aromatic heterocycles. The van der Waals surface area contributed by atoms with Crippen molar-refractivity contribution in [1.29, 1.82) is 0 Å². The molecule has 0 amide bonds. The van der Waals surface area contributed by atoms with E-state index in [2.05, 4.69) is 32.0 Å². The average molecular weight is 306 g/mol. The highest BCUT2D eigenvalue weighted by Gasteiger charge is 1.92. The molecule has 0 N–H and O–H groups in total. The minimum Gasteiger partial charge on any atom is -0.226 e. The highest BCUT2D eigenvalue weighted by molar-refractivity contribution is 5.41. The molecule has 22 heavy (non-hydrogen) atoms. The van der Waals surface area contributed by atoms with Gasteiger partial charge < -0.3 is 0 Å². The Morgan fingerprint density at radius 1 is 0.455 bits per heavy atom. The first-order chi connectivity index (χ1) is 10.9. The molecule has 0 heterocycles. The zero-order valence-electron chi connectivity index (χ0n) is 14.7. The van der Waals surface area contributed by atoms with Gasteiger partial charge >= 0.3 is 0 Å². The van der Waals surface area contributed by atoms with Crippen LogP contribution in [0.1, 0.15) is 78.1 Å². The van der Waals surface area contributed by atoms with E-state index in [1.165, 1.54) is 64.2 Å². The van der Waals surface area contributed by atoms with Gasteiger partial charge in [0.15, 0.2) is 0 Å². The Bertz CT molecular complexity index is 303. The number of hydrogen-bond acceptors (Lipinski definition) is 4. The Morgan fingerprint density at radius 2 is 0.773 bits per heavy atom. The fourth-order valence-electron chi connectivity index (χ4n) is 2.14. The molecule has 0 unspecified atom stereocenters. The van der Waals surface area contributed by atoms with Gasteiger partial charge in [-0.2, -0.15) is 0 Å². The maximum Gasteiger partial charge on any atom is 0.0892 e. The summed E-state index contributed by atoms with van der Waals surface area (Å²) in [6, 6.07) is 5.44.